The van der Waals surface area contributed by atoms with Gasteiger partial charge in [-0.15, -0.1) is 0 Å². The molecule has 0 saturated heterocycles. The van der Waals surface area contributed by atoms with Gasteiger partial charge < -0.3 is 18.9 Å². The molecule has 0 rings (SSSR count). The van der Waals surface area contributed by atoms with Crippen LogP contribution >= 0.6 is 7.82 Å². The number of hydrogen-bond donors (Lipinski definition) is 0. The van der Waals surface area contributed by atoms with Gasteiger partial charge in [0.2, 0.25) is 0 Å². The molecule has 0 fully saturated rings. The number of phosphoric ester groups is 1. The van der Waals surface area contributed by atoms with Gasteiger partial charge in [-0.3, -0.25) is 0 Å². The fraction of sp³-hybridized carbons (Fsp3) is 1.00. The number of hydrogen-bond acceptors (Lipinski definition) is 4. The molecule has 0 aliphatic carbocycles. The standard InChI is InChI=1S/C4H11O4P.V/c1-3-4(2)8-9(5,6)7;/h4H,3H2,1-2H3,(H2,5,6,7);/q;+2/p-2. The Hall–Kier alpha value is 0.694. The molecule has 0 N–H and O–H groups in total. The summed E-state index contributed by atoms with van der Waals surface area (Å²) in [5.41, 5.74) is 0. The third-order valence-corrected chi connectivity index (χ3v) is 1.50. The van der Waals surface area contributed by atoms with Crippen LogP contribution in [0.3, 0.4) is 0 Å². The van der Waals surface area contributed by atoms with Crippen LogP contribution in [0.15, 0.2) is 0 Å². The average Bonchev–Trinajstić information content (AvgIpc) is 1.62. The SMILES string of the molecule is CCC(C)OP(=O)([O-])[O-].[V+2]. The molecule has 0 aliphatic rings. The van der Waals surface area contributed by atoms with Gasteiger partial charge in [-0.1, -0.05) is 6.92 Å². The number of rotatable bonds is 3. The van der Waals surface area contributed by atoms with E-state index in [1.54, 1.807) is 6.92 Å². The van der Waals surface area contributed by atoms with E-state index in [4.69, 9.17) is 0 Å². The summed E-state index contributed by atoms with van der Waals surface area (Å²) in [6.45, 7) is 3.27. The van der Waals surface area contributed by atoms with Crippen LogP contribution in [0.1, 0.15) is 20.3 Å². The zero-order chi connectivity index (χ0) is 7.49. The third kappa shape index (κ3) is 8.69. The first-order valence-corrected chi connectivity index (χ1v) is 4.12. The molecular formula is C4H9O4PV. The van der Waals surface area contributed by atoms with E-state index in [-0.39, 0.29) is 18.6 Å². The van der Waals surface area contributed by atoms with E-state index in [2.05, 4.69) is 4.52 Å². The molecule has 0 aromatic heterocycles. The van der Waals surface area contributed by atoms with Gasteiger partial charge in [0, 0.05) is 0 Å². The normalized spacial score (nSPS) is 14.0. The Morgan fingerprint density at radius 3 is 2.10 bits per heavy atom. The van der Waals surface area contributed by atoms with E-state index in [0.717, 1.165) is 0 Å². The molecule has 0 bridgehead atoms. The van der Waals surface area contributed by atoms with Crippen molar-refractivity contribution >= 4 is 7.82 Å². The van der Waals surface area contributed by atoms with E-state index in [9.17, 15) is 14.4 Å². The maximum absolute atomic E-state index is 9.85. The quantitative estimate of drug-likeness (QED) is 0.586. The van der Waals surface area contributed by atoms with Crippen molar-refractivity contribution in [2.45, 2.75) is 26.4 Å². The fourth-order valence-electron chi connectivity index (χ4n) is 0.295. The summed E-state index contributed by atoms with van der Waals surface area (Å²) in [7, 11) is -4.74. The minimum Gasteiger partial charge on any atom is -0.790 e. The van der Waals surface area contributed by atoms with Gasteiger partial charge in [-0.05, 0) is 13.3 Å². The van der Waals surface area contributed by atoms with E-state index >= 15 is 0 Å². The molecular weight excluding hydrogens is 194 g/mol. The van der Waals surface area contributed by atoms with Crippen molar-refractivity contribution in [2.75, 3.05) is 0 Å². The Kier molecular flexibility index (Phi) is 7.12. The summed E-state index contributed by atoms with van der Waals surface area (Å²) in [6, 6.07) is 0. The van der Waals surface area contributed by atoms with E-state index in [0.29, 0.717) is 6.42 Å². The molecule has 0 aliphatic heterocycles. The molecule has 0 aromatic rings. The molecule has 6 heteroatoms. The summed E-state index contributed by atoms with van der Waals surface area (Å²) in [5.74, 6) is 0. The Morgan fingerprint density at radius 2 is 2.00 bits per heavy atom. The molecule has 1 atom stereocenters. The molecule has 59 valence electrons. The van der Waals surface area contributed by atoms with Crippen LogP contribution in [-0.4, -0.2) is 6.10 Å². The Balaban J connectivity index is 0. The largest absolute Gasteiger partial charge is 2.00 e. The van der Waals surface area contributed by atoms with Crippen molar-refractivity contribution in [3.8, 4) is 0 Å². The van der Waals surface area contributed by atoms with Gasteiger partial charge >= 0.3 is 18.6 Å². The van der Waals surface area contributed by atoms with Crippen molar-refractivity contribution < 1.29 is 37.4 Å². The Bertz CT molecular complexity index is 122. The van der Waals surface area contributed by atoms with Crippen LogP contribution in [0.25, 0.3) is 0 Å². The molecule has 10 heavy (non-hydrogen) atoms. The van der Waals surface area contributed by atoms with Crippen molar-refractivity contribution in [1.29, 1.82) is 0 Å². The predicted molar refractivity (Wildman–Crippen MR) is 28.4 cm³/mol. The van der Waals surface area contributed by atoms with Crippen LogP contribution in [-0.2, 0) is 27.6 Å². The zero-order valence-corrected chi connectivity index (χ0v) is 8.10. The van der Waals surface area contributed by atoms with Gasteiger partial charge in [0.1, 0.15) is 0 Å². The van der Waals surface area contributed by atoms with E-state index < -0.39 is 13.9 Å². The molecule has 0 aromatic carbocycles. The summed E-state index contributed by atoms with van der Waals surface area (Å²) in [5, 5.41) is 0. The molecule has 0 spiro atoms. The van der Waals surface area contributed by atoms with Crippen molar-refractivity contribution in [3.05, 3.63) is 0 Å². The van der Waals surface area contributed by atoms with Gasteiger partial charge in [0.25, 0.3) is 0 Å². The molecule has 1 unspecified atom stereocenters. The minimum absolute atomic E-state index is 0. The smallest absolute Gasteiger partial charge is 0.790 e. The summed E-state index contributed by atoms with van der Waals surface area (Å²) >= 11 is 0. The van der Waals surface area contributed by atoms with Crippen LogP contribution in [0, 0.1) is 0 Å². The summed E-state index contributed by atoms with van der Waals surface area (Å²) < 4.78 is 13.9. The van der Waals surface area contributed by atoms with Crippen molar-refractivity contribution in [1.82, 2.24) is 0 Å². The van der Waals surface area contributed by atoms with Crippen LogP contribution in [0.4, 0.5) is 0 Å². The van der Waals surface area contributed by atoms with Crippen LogP contribution < -0.4 is 9.79 Å². The van der Waals surface area contributed by atoms with Crippen LogP contribution in [0.2, 0.25) is 0 Å². The van der Waals surface area contributed by atoms with E-state index in [1.807, 2.05) is 0 Å². The van der Waals surface area contributed by atoms with Gasteiger partial charge in [0.15, 0.2) is 0 Å². The maximum atomic E-state index is 9.85. The third-order valence-electron chi connectivity index (χ3n) is 0.884. The van der Waals surface area contributed by atoms with Gasteiger partial charge in [-0.25, -0.2) is 0 Å². The molecule has 0 saturated carbocycles. The monoisotopic (exact) mass is 203 g/mol. The average molecular weight is 203 g/mol. The van der Waals surface area contributed by atoms with Gasteiger partial charge in [-0.2, -0.15) is 0 Å². The van der Waals surface area contributed by atoms with Gasteiger partial charge in [0.05, 0.1) is 13.9 Å². The Morgan fingerprint density at radius 1 is 1.60 bits per heavy atom. The molecule has 0 heterocycles. The number of phosphoric acid groups is 1. The minimum atomic E-state index is -4.74. The van der Waals surface area contributed by atoms with Crippen LogP contribution in [0.5, 0.6) is 0 Å². The van der Waals surface area contributed by atoms with Crippen molar-refractivity contribution in [3.63, 3.8) is 0 Å². The maximum Gasteiger partial charge on any atom is 2.00 e. The second kappa shape index (κ2) is 5.36. The first kappa shape index (κ1) is 13.3. The summed E-state index contributed by atoms with van der Waals surface area (Å²) in [4.78, 5) is 19.7. The molecule has 0 amide bonds. The fourth-order valence-corrected chi connectivity index (χ4v) is 0.885. The first-order chi connectivity index (χ1) is 3.95. The zero-order valence-electron chi connectivity index (χ0n) is 5.81. The first-order valence-electron chi connectivity index (χ1n) is 2.66. The predicted octanol–water partition coefficient (Wildman–Crippen LogP) is -0.372. The topological polar surface area (TPSA) is 72.4 Å². The van der Waals surface area contributed by atoms with E-state index in [1.165, 1.54) is 6.92 Å². The Labute approximate surface area is 72.1 Å². The molecule has 4 nitrogen and oxygen atoms in total. The van der Waals surface area contributed by atoms with Crippen molar-refractivity contribution in [2.24, 2.45) is 0 Å². The molecule has 1 radical (unpaired) electrons. The second-order valence-electron chi connectivity index (χ2n) is 1.77. The second-order valence-corrected chi connectivity index (χ2v) is 2.88. The summed E-state index contributed by atoms with van der Waals surface area (Å²) in [6.07, 6.45) is 0.0277.